The molecule has 138 valence electrons. The average Bonchev–Trinajstić information content (AvgIpc) is 2.91. The number of imide groups is 1. The SMILES string of the molecule is O=C(NCCN1C(=O)S/C(=C\c2ccc(Cl)cc2)C1=O)c1ccccc1O. The van der Waals surface area contributed by atoms with E-state index in [-0.39, 0.29) is 24.4 Å². The highest BCUT2D eigenvalue weighted by molar-refractivity contribution is 8.18. The maximum absolute atomic E-state index is 12.4. The highest BCUT2D eigenvalue weighted by Crippen LogP contribution is 2.32. The first-order chi connectivity index (χ1) is 13.0. The summed E-state index contributed by atoms with van der Waals surface area (Å²) in [5, 5.41) is 12.5. The molecule has 0 aromatic heterocycles. The third-order valence-electron chi connectivity index (χ3n) is 3.81. The zero-order valence-corrected chi connectivity index (χ0v) is 15.6. The maximum Gasteiger partial charge on any atom is 0.293 e. The molecule has 1 aliphatic heterocycles. The first-order valence-electron chi connectivity index (χ1n) is 8.03. The summed E-state index contributed by atoms with van der Waals surface area (Å²) in [5.41, 5.74) is 0.895. The van der Waals surface area contributed by atoms with Crippen molar-refractivity contribution in [3.05, 3.63) is 69.6 Å². The predicted octanol–water partition coefficient (Wildman–Crippen LogP) is 3.51. The minimum absolute atomic E-state index is 0.0436. The van der Waals surface area contributed by atoms with Gasteiger partial charge in [0.25, 0.3) is 17.1 Å². The van der Waals surface area contributed by atoms with Gasteiger partial charge in [0.15, 0.2) is 0 Å². The van der Waals surface area contributed by atoms with E-state index in [9.17, 15) is 19.5 Å². The number of nitrogens with one attached hydrogen (secondary N) is 1. The molecule has 3 amide bonds. The zero-order valence-electron chi connectivity index (χ0n) is 14.0. The standard InChI is InChI=1S/C19H15ClN2O4S/c20-13-7-5-12(6-8-13)11-16-18(25)22(19(26)27-16)10-9-21-17(24)14-3-1-2-4-15(14)23/h1-8,11,23H,9-10H2,(H,21,24)/b16-11-. The quantitative estimate of drug-likeness (QED) is 0.747. The smallest absolute Gasteiger partial charge is 0.293 e. The molecular weight excluding hydrogens is 388 g/mol. The second-order valence-corrected chi connectivity index (χ2v) is 7.09. The fourth-order valence-corrected chi connectivity index (χ4v) is 3.44. The van der Waals surface area contributed by atoms with E-state index in [1.54, 1.807) is 42.5 Å². The van der Waals surface area contributed by atoms with Gasteiger partial charge < -0.3 is 10.4 Å². The number of para-hydroxylation sites is 1. The monoisotopic (exact) mass is 402 g/mol. The number of rotatable bonds is 5. The van der Waals surface area contributed by atoms with Gasteiger partial charge in [-0.05, 0) is 47.7 Å². The summed E-state index contributed by atoms with van der Waals surface area (Å²) in [6.45, 7) is 0.126. The summed E-state index contributed by atoms with van der Waals surface area (Å²) in [6.07, 6.45) is 1.63. The van der Waals surface area contributed by atoms with Gasteiger partial charge in [0.05, 0.1) is 10.5 Å². The van der Waals surface area contributed by atoms with Crippen molar-refractivity contribution in [2.24, 2.45) is 0 Å². The van der Waals surface area contributed by atoms with Gasteiger partial charge in [-0.25, -0.2) is 0 Å². The number of hydrogen-bond acceptors (Lipinski definition) is 5. The maximum atomic E-state index is 12.4. The van der Waals surface area contributed by atoms with Crippen molar-refractivity contribution >= 4 is 46.5 Å². The molecule has 1 saturated heterocycles. The van der Waals surface area contributed by atoms with E-state index in [4.69, 9.17) is 11.6 Å². The largest absolute Gasteiger partial charge is 0.507 e. The number of aromatic hydroxyl groups is 1. The van der Waals surface area contributed by atoms with Crippen molar-refractivity contribution in [3.63, 3.8) is 0 Å². The van der Waals surface area contributed by atoms with Crippen LogP contribution in [0.15, 0.2) is 53.4 Å². The molecule has 1 fully saturated rings. The van der Waals surface area contributed by atoms with E-state index < -0.39 is 17.1 Å². The van der Waals surface area contributed by atoms with Crippen molar-refractivity contribution in [1.82, 2.24) is 10.2 Å². The molecule has 1 aliphatic rings. The third-order valence-corrected chi connectivity index (χ3v) is 4.97. The molecule has 2 N–H and O–H groups in total. The van der Waals surface area contributed by atoms with Crippen LogP contribution in [-0.4, -0.2) is 40.1 Å². The van der Waals surface area contributed by atoms with Crippen LogP contribution in [0.2, 0.25) is 5.02 Å². The Balaban J connectivity index is 1.60. The molecule has 0 unspecified atom stereocenters. The molecule has 0 saturated carbocycles. The van der Waals surface area contributed by atoms with Crippen LogP contribution in [-0.2, 0) is 4.79 Å². The minimum atomic E-state index is -0.475. The van der Waals surface area contributed by atoms with Crippen molar-refractivity contribution in [3.8, 4) is 5.75 Å². The van der Waals surface area contributed by atoms with Crippen LogP contribution in [0.25, 0.3) is 6.08 Å². The van der Waals surface area contributed by atoms with Crippen LogP contribution >= 0.6 is 23.4 Å². The van der Waals surface area contributed by atoms with Crippen LogP contribution in [0, 0.1) is 0 Å². The molecular formula is C19H15ClN2O4S. The summed E-state index contributed by atoms with van der Waals surface area (Å²) in [4.78, 5) is 38.0. The second-order valence-electron chi connectivity index (χ2n) is 5.66. The molecule has 0 spiro atoms. The predicted molar refractivity (Wildman–Crippen MR) is 105 cm³/mol. The molecule has 0 aliphatic carbocycles. The highest BCUT2D eigenvalue weighted by Gasteiger charge is 2.34. The normalized spacial score (nSPS) is 15.4. The summed E-state index contributed by atoms with van der Waals surface area (Å²) >= 11 is 6.69. The molecule has 8 heteroatoms. The van der Waals surface area contributed by atoms with Gasteiger partial charge in [-0.2, -0.15) is 0 Å². The van der Waals surface area contributed by atoms with Crippen molar-refractivity contribution in [2.45, 2.75) is 0 Å². The van der Waals surface area contributed by atoms with Gasteiger partial charge in [0.2, 0.25) is 0 Å². The molecule has 0 atom stereocenters. The van der Waals surface area contributed by atoms with Gasteiger partial charge in [-0.1, -0.05) is 35.9 Å². The van der Waals surface area contributed by atoms with Gasteiger partial charge in [-0.15, -0.1) is 0 Å². The average molecular weight is 403 g/mol. The van der Waals surface area contributed by atoms with Crippen LogP contribution in [0.3, 0.4) is 0 Å². The van der Waals surface area contributed by atoms with Crippen LogP contribution in [0.4, 0.5) is 4.79 Å². The Labute approximate surface area is 164 Å². The van der Waals surface area contributed by atoms with E-state index >= 15 is 0 Å². The minimum Gasteiger partial charge on any atom is -0.507 e. The van der Waals surface area contributed by atoms with Crippen LogP contribution < -0.4 is 5.32 Å². The van der Waals surface area contributed by atoms with E-state index in [0.29, 0.717) is 9.93 Å². The number of thioether (sulfide) groups is 1. The lowest BCUT2D eigenvalue weighted by Crippen LogP contribution is -2.37. The lowest BCUT2D eigenvalue weighted by molar-refractivity contribution is -0.122. The summed E-state index contributed by atoms with van der Waals surface area (Å²) in [7, 11) is 0. The van der Waals surface area contributed by atoms with Crippen molar-refractivity contribution in [2.75, 3.05) is 13.1 Å². The van der Waals surface area contributed by atoms with Crippen LogP contribution in [0.5, 0.6) is 5.75 Å². The molecule has 1 heterocycles. The van der Waals surface area contributed by atoms with Gasteiger partial charge >= 0.3 is 0 Å². The Morgan fingerprint density at radius 1 is 1.15 bits per heavy atom. The number of benzene rings is 2. The zero-order chi connectivity index (χ0) is 19.4. The van der Waals surface area contributed by atoms with Crippen molar-refractivity contribution in [1.29, 1.82) is 0 Å². The lowest BCUT2D eigenvalue weighted by Gasteiger charge is -2.13. The number of nitrogens with zero attached hydrogens (tertiary/aromatic N) is 1. The topological polar surface area (TPSA) is 86.7 Å². The van der Waals surface area contributed by atoms with Gasteiger partial charge in [0, 0.05) is 18.1 Å². The summed E-state index contributed by atoms with van der Waals surface area (Å²) < 4.78 is 0. The number of amides is 3. The summed E-state index contributed by atoms with van der Waals surface area (Å²) in [5.74, 6) is -1.01. The van der Waals surface area contributed by atoms with E-state index in [1.165, 1.54) is 12.1 Å². The van der Waals surface area contributed by atoms with E-state index in [0.717, 1.165) is 22.2 Å². The number of carbonyl (C=O) groups excluding carboxylic acids is 3. The Hall–Kier alpha value is -2.77. The highest BCUT2D eigenvalue weighted by atomic mass is 35.5. The van der Waals surface area contributed by atoms with E-state index in [1.807, 2.05) is 0 Å². The molecule has 2 aromatic carbocycles. The van der Waals surface area contributed by atoms with Gasteiger partial charge in [0.1, 0.15) is 5.75 Å². The van der Waals surface area contributed by atoms with Crippen molar-refractivity contribution < 1.29 is 19.5 Å². The first kappa shape index (κ1) is 19.0. The van der Waals surface area contributed by atoms with E-state index in [2.05, 4.69) is 5.32 Å². The first-order valence-corrected chi connectivity index (χ1v) is 9.22. The number of halogens is 1. The Morgan fingerprint density at radius 2 is 1.85 bits per heavy atom. The van der Waals surface area contributed by atoms with Crippen LogP contribution in [0.1, 0.15) is 15.9 Å². The number of phenolic OH excluding ortho intramolecular Hbond substituents is 1. The Morgan fingerprint density at radius 3 is 2.56 bits per heavy atom. The number of carbonyl (C=O) groups is 3. The lowest BCUT2D eigenvalue weighted by atomic mass is 10.2. The Bertz CT molecular complexity index is 928. The summed E-state index contributed by atoms with van der Waals surface area (Å²) in [6, 6.07) is 13.0. The second kappa shape index (κ2) is 8.28. The van der Waals surface area contributed by atoms with Gasteiger partial charge in [-0.3, -0.25) is 19.3 Å². The third kappa shape index (κ3) is 4.50. The number of hydrogen-bond donors (Lipinski definition) is 2. The molecule has 0 radical (unpaired) electrons. The molecule has 3 rings (SSSR count). The molecule has 6 nitrogen and oxygen atoms in total. The fraction of sp³-hybridized carbons (Fsp3) is 0.105. The molecule has 27 heavy (non-hydrogen) atoms. The Kier molecular flexibility index (Phi) is 5.83. The number of phenols is 1. The molecule has 2 aromatic rings. The molecule has 0 bridgehead atoms. The fourth-order valence-electron chi connectivity index (χ4n) is 2.45.